The van der Waals surface area contributed by atoms with Crippen molar-refractivity contribution >= 4 is 49.2 Å². The lowest BCUT2D eigenvalue weighted by atomic mass is 10.4. The third kappa shape index (κ3) is 3.27. The van der Waals surface area contributed by atoms with Crippen molar-refractivity contribution in [2.24, 2.45) is 0 Å². The molecule has 0 atom stereocenters. The normalized spacial score (nSPS) is 11.8. The number of likely N-dealkylation sites (N-methyl/N-ethyl adjacent to an activating group) is 1. The molecule has 0 aliphatic heterocycles. The zero-order valence-corrected chi connectivity index (χ0v) is 13.6. The van der Waals surface area contributed by atoms with E-state index in [1.54, 1.807) is 6.92 Å². The number of rotatable bonds is 5. The third-order valence-electron chi connectivity index (χ3n) is 2.25. The smallest absolute Gasteiger partial charge is 0.207 e. The summed E-state index contributed by atoms with van der Waals surface area (Å²) in [5, 5.41) is 0.189. The van der Waals surface area contributed by atoms with Crippen molar-refractivity contribution in [2.75, 3.05) is 13.1 Å². The standard InChI is InChI=1S/C11H12BrCl2NO2S/c1-3-5-15(4-2)18(16,17)11-9(13)6-8(12)7-10(11)14/h3,6-7H,1,4-5H2,2H3. The Morgan fingerprint density at radius 3 is 2.28 bits per heavy atom. The molecule has 0 spiro atoms. The molecule has 0 N–H and O–H groups in total. The maximum absolute atomic E-state index is 12.4. The van der Waals surface area contributed by atoms with Crippen LogP contribution in [0.4, 0.5) is 0 Å². The molecule has 0 aromatic heterocycles. The monoisotopic (exact) mass is 371 g/mol. The van der Waals surface area contributed by atoms with E-state index >= 15 is 0 Å². The van der Waals surface area contributed by atoms with Gasteiger partial charge in [0.25, 0.3) is 0 Å². The van der Waals surface area contributed by atoms with Crippen LogP contribution < -0.4 is 0 Å². The molecule has 3 nitrogen and oxygen atoms in total. The zero-order chi connectivity index (χ0) is 13.9. The molecule has 1 aromatic rings. The van der Waals surface area contributed by atoms with Gasteiger partial charge in [0.2, 0.25) is 10.0 Å². The number of sulfonamides is 1. The van der Waals surface area contributed by atoms with Gasteiger partial charge in [-0.15, -0.1) is 6.58 Å². The molecule has 1 rings (SSSR count). The Morgan fingerprint density at radius 1 is 1.39 bits per heavy atom. The second-order valence-electron chi connectivity index (χ2n) is 3.44. The van der Waals surface area contributed by atoms with Gasteiger partial charge in [0, 0.05) is 17.6 Å². The largest absolute Gasteiger partial charge is 0.246 e. The van der Waals surface area contributed by atoms with Crippen LogP contribution in [-0.4, -0.2) is 25.8 Å². The second-order valence-corrected chi connectivity index (χ2v) is 7.05. The van der Waals surface area contributed by atoms with Gasteiger partial charge in [-0.25, -0.2) is 8.42 Å². The maximum Gasteiger partial charge on any atom is 0.246 e. The summed E-state index contributed by atoms with van der Waals surface area (Å²) < 4.78 is 26.7. The average molecular weight is 373 g/mol. The lowest BCUT2D eigenvalue weighted by Crippen LogP contribution is -2.31. The first-order chi connectivity index (χ1) is 8.34. The maximum atomic E-state index is 12.4. The van der Waals surface area contributed by atoms with Gasteiger partial charge in [0.1, 0.15) is 4.90 Å². The topological polar surface area (TPSA) is 37.4 Å². The average Bonchev–Trinajstić information content (AvgIpc) is 2.23. The van der Waals surface area contributed by atoms with Gasteiger partial charge in [0.15, 0.2) is 0 Å². The van der Waals surface area contributed by atoms with Crippen LogP contribution in [0.5, 0.6) is 0 Å². The van der Waals surface area contributed by atoms with Gasteiger partial charge in [-0.1, -0.05) is 52.1 Å². The fourth-order valence-corrected chi connectivity index (χ4v) is 4.75. The van der Waals surface area contributed by atoms with Gasteiger partial charge in [-0.05, 0) is 12.1 Å². The lowest BCUT2D eigenvalue weighted by Gasteiger charge is -2.20. The van der Waals surface area contributed by atoms with Crippen molar-refractivity contribution in [3.8, 4) is 0 Å². The molecule has 0 aliphatic carbocycles. The molecule has 0 fully saturated rings. The minimum atomic E-state index is -3.71. The Balaban J connectivity index is 3.40. The Kier molecular flexibility index (Phi) is 5.67. The van der Waals surface area contributed by atoms with Crippen molar-refractivity contribution in [2.45, 2.75) is 11.8 Å². The van der Waals surface area contributed by atoms with Gasteiger partial charge >= 0.3 is 0 Å². The highest BCUT2D eigenvalue weighted by Gasteiger charge is 2.27. The predicted molar refractivity (Wildman–Crippen MR) is 78.8 cm³/mol. The Hall–Kier alpha value is -0.0700. The first-order valence-corrected chi connectivity index (χ1v) is 8.09. The van der Waals surface area contributed by atoms with Gasteiger partial charge in [-0.2, -0.15) is 4.31 Å². The number of nitrogens with zero attached hydrogens (tertiary/aromatic N) is 1. The highest BCUT2D eigenvalue weighted by atomic mass is 79.9. The molecule has 0 saturated heterocycles. The fourth-order valence-electron chi connectivity index (χ4n) is 1.45. The summed E-state index contributed by atoms with van der Waals surface area (Å²) in [4.78, 5) is -0.0715. The summed E-state index contributed by atoms with van der Waals surface area (Å²) in [6.45, 7) is 5.80. The predicted octanol–water partition coefficient (Wildman–Crippen LogP) is 3.95. The summed E-state index contributed by atoms with van der Waals surface area (Å²) in [6.07, 6.45) is 1.52. The van der Waals surface area contributed by atoms with Crippen LogP contribution in [0.2, 0.25) is 10.0 Å². The molecule has 0 saturated carbocycles. The molecule has 0 bridgehead atoms. The van der Waals surface area contributed by atoms with Crippen LogP contribution in [0.1, 0.15) is 6.92 Å². The zero-order valence-electron chi connectivity index (χ0n) is 9.66. The Labute approximate surface area is 126 Å². The van der Waals surface area contributed by atoms with Gasteiger partial charge < -0.3 is 0 Å². The van der Waals surface area contributed by atoms with E-state index in [0.717, 1.165) is 0 Å². The van der Waals surface area contributed by atoms with E-state index in [-0.39, 0.29) is 21.5 Å². The molecular formula is C11H12BrCl2NO2S. The molecule has 100 valence electrons. The lowest BCUT2D eigenvalue weighted by molar-refractivity contribution is 0.460. The van der Waals surface area contributed by atoms with Gasteiger partial charge in [0.05, 0.1) is 10.0 Å². The van der Waals surface area contributed by atoms with Gasteiger partial charge in [-0.3, -0.25) is 0 Å². The third-order valence-corrected chi connectivity index (χ3v) is 5.57. The molecular weight excluding hydrogens is 361 g/mol. The van der Waals surface area contributed by atoms with Crippen LogP contribution >= 0.6 is 39.1 Å². The van der Waals surface area contributed by atoms with E-state index in [1.807, 2.05) is 0 Å². The molecule has 0 heterocycles. The van der Waals surface area contributed by atoms with E-state index in [9.17, 15) is 8.42 Å². The first-order valence-electron chi connectivity index (χ1n) is 5.10. The Bertz CT molecular complexity index is 537. The van der Waals surface area contributed by atoms with Crippen LogP contribution in [0.3, 0.4) is 0 Å². The minimum Gasteiger partial charge on any atom is -0.207 e. The molecule has 7 heteroatoms. The van der Waals surface area contributed by atoms with E-state index in [1.165, 1.54) is 22.5 Å². The number of benzene rings is 1. The summed E-state index contributed by atoms with van der Waals surface area (Å²) in [7, 11) is -3.71. The van der Waals surface area contributed by atoms with Crippen molar-refractivity contribution in [1.29, 1.82) is 0 Å². The summed E-state index contributed by atoms with van der Waals surface area (Å²) in [5.41, 5.74) is 0. The molecule has 1 aromatic carbocycles. The quantitative estimate of drug-likeness (QED) is 0.733. The molecule has 0 aliphatic rings. The van der Waals surface area contributed by atoms with Crippen molar-refractivity contribution in [3.05, 3.63) is 39.3 Å². The SMILES string of the molecule is C=CCN(CC)S(=O)(=O)c1c(Cl)cc(Br)cc1Cl. The van der Waals surface area contributed by atoms with E-state index in [2.05, 4.69) is 22.5 Å². The van der Waals surface area contributed by atoms with Crippen molar-refractivity contribution in [3.63, 3.8) is 0 Å². The molecule has 18 heavy (non-hydrogen) atoms. The minimum absolute atomic E-state index is 0.0715. The highest BCUT2D eigenvalue weighted by Crippen LogP contribution is 2.34. The van der Waals surface area contributed by atoms with Crippen molar-refractivity contribution < 1.29 is 8.42 Å². The summed E-state index contributed by atoms with van der Waals surface area (Å²) in [6, 6.07) is 3.00. The highest BCUT2D eigenvalue weighted by molar-refractivity contribution is 9.10. The molecule has 0 unspecified atom stereocenters. The van der Waals surface area contributed by atoms with E-state index < -0.39 is 10.0 Å². The van der Waals surface area contributed by atoms with E-state index in [4.69, 9.17) is 23.2 Å². The van der Waals surface area contributed by atoms with Crippen LogP contribution in [0.25, 0.3) is 0 Å². The van der Waals surface area contributed by atoms with Crippen molar-refractivity contribution in [1.82, 2.24) is 4.31 Å². The second kappa shape index (κ2) is 6.39. The van der Waals surface area contributed by atoms with Crippen LogP contribution in [0, 0.1) is 0 Å². The fraction of sp³-hybridized carbons (Fsp3) is 0.273. The van der Waals surface area contributed by atoms with E-state index in [0.29, 0.717) is 11.0 Å². The number of halogens is 3. The van der Waals surface area contributed by atoms with Crippen LogP contribution in [0.15, 0.2) is 34.2 Å². The molecule has 0 amide bonds. The number of hydrogen-bond donors (Lipinski definition) is 0. The van der Waals surface area contributed by atoms with Crippen LogP contribution in [-0.2, 0) is 10.0 Å². The first kappa shape index (κ1) is 16.0. The number of hydrogen-bond acceptors (Lipinski definition) is 2. The summed E-state index contributed by atoms with van der Waals surface area (Å²) >= 11 is 15.2. The Morgan fingerprint density at radius 2 is 1.89 bits per heavy atom. The summed E-state index contributed by atoms with van der Waals surface area (Å²) in [5.74, 6) is 0. The molecule has 0 radical (unpaired) electrons.